The van der Waals surface area contributed by atoms with Gasteiger partial charge in [0.2, 0.25) is 0 Å². The second-order valence-corrected chi connectivity index (χ2v) is 7.86. The lowest BCUT2D eigenvalue weighted by atomic mass is 10.2. The average Bonchev–Trinajstić information content (AvgIpc) is 2.66. The lowest BCUT2D eigenvalue weighted by molar-refractivity contribution is 1.10. The van der Waals surface area contributed by atoms with E-state index in [1.54, 1.807) is 24.3 Å². The second kappa shape index (κ2) is 5.81. The molecule has 1 aromatic heterocycles. The zero-order chi connectivity index (χ0) is 20.6. The molecule has 0 saturated carbocycles. The summed E-state index contributed by atoms with van der Waals surface area (Å²) in [6, 6.07) is 18.1. The van der Waals surface area contributed by atoms with Crippen molar-refractivity contribution in [3.8, 4) is 22.8 Å². The minimum Gasteiger partial charge on any atom is -0.219 e. The van der Waals surface area contributed by atoms with E-state index in [9.17, 15) is 0 Å². The van der Waals surface area contributed by atoms with Crippen molar-refractivity contribution >= 4 is 13.5 Å². The van der Waals surface area contributed by atoms with Crippen LogP contribution in [0.2, 0.25) is 19.5 Å². The van der Waals surface area contributed by atoms with Crippen molar-refractivity contribution in [1.29, 1.82) is 0 Å². The zero-order valence-corrected chi connectivity index (χ0v) is 13.1. The SMILES string of the molecule is [2H]C([2H])([2H])[Si](C)(c1nc(-c2ccccc2)nc(-c2ccccc2)n1)C([2H])([2H])[2H]. The third-order valence-electron chi connectivity index (χ3n) is 3.15. The first-order valence-electron chi connectivity index (χ1n) is 9.91. The monoisotopic (exact) mass is 311 g/mol. The molecule has 0 radical (unpaired) electrons. The van der Waals surface area contributed by atoms with Crippen molar-refractivity contribution in [2.45, 2.75) is 19.5 Å². The summed E-state index contributed by atoms with van der Waals surface area (Å²) in [6.45, 7) is -4.12. The van der Waals surface area contributed by atoms with E-state index in [4.69, 9.17) is 8.22 Å². The van der Waals surface area contributed by atoms with E-state index in [0.29, 0.717) is 11.1 Å². The van der Waals surface area contributed by atoms with Crippen LogP contribution in [0.4, 0.5) is 0 Å². The Morgan fingerprint density at radius 1 is 0.727 bits per heavy atom. The molecule has 4 heteroatoms. The van der Waals surface area contributed by atoms with E-state index < -0.39 is 21.0 Å². The molecule has 0 atom stereocenters. The van der Waals surface area contributed by atoms with Crippen LogP contribution in [0.3, 0.4) is 0 Å². The van der Waals surface area contributed by atoms with Crippen molar-refractivity contribution in [3.05, 3.63) is 60.7 Å². The molecular formula is C18H19N3Si. The summed E-state index contributed by atoms with van der Waals surface area (Å²) in [5, 5.41) is 0. The van der Waals surface area contributed by atoms with Gasteiger partial charge in [0, 0.05) is 19.4 Å². The fourth-order valence-electron chi connectivity index (χ4n) is 2.03. The third kappa shape index (κ3) is 3.12. The maximum Gasteiger partial charge on any atom is 0.163 e. The number of rotatable bonds is 3. The molecule has 3 nitrogen and oxygen atoms in total. The number of hydrogen-bond acceptors (Lipinski definition) is 3. The van der Waals surface area contributed by atoms with E-state index >= 15 is 0 Å². The predicted molar refractivity (Wildman–Crippen MR) is 93.7 cm³/mol. The molecule has 0 aliphatic heterocycles. The van der Waals surface area contributed by atoms with Gasteiger partial charge >= 0.3 is 0 Å². The van der Waals surface area contributed by atoms with Gasteiger partial charge in [-0.25, -0.2) is 15.0 Å². The summed E-state index contributed by atoms with van der Waals surface area (Å²) in [5.74, 6) is 0.522. The van der Waals surface area contributed by atoms with Crippen molar-refractivity contribution in [2.75, 3.05) is 0 Å². The number of benzene rings is 2. The van der Waals surface area contributed by atoms with Gasteiger partial charge in [0.1, 0.15) is 13.5 Å². The summed E-state index contributed by atoms with van der Waals surface area (Å²) >= 11 is 0. The van der Waals surface area contributed by atoms with Gasteiger partial charge in [-0.05, 0) is 0 Å². The third-order valence-corrected chi connectivity index (χ3v) is 4.26. The van der Waals surface area contributed by atoms with Crippen LogP contribution in [0.25, 0.3) is 22.8 Å². The highest BCUT2D eigenvalue weighted by Crippen LogP contribution is 2.18. The Balaban J connectivity index is 2.32. The molecule has 110 valence electrons. The van der Waals surface area contributed by atoms with Crippen LogP contribution in [0, 0.1) is 0 Å². The van der Waals surface area contributed by atoms with Crippen LogP contribution in [0.1, 0.15) is 8.22 Å². The molecule has 0 bridgehead atoms. The van der Waals surface area contributed by atoms with Crippen LogP contribution < -0.4 is 5.45 Å². The summed E-state index contributed by atoms with van der Waals surface area (Å²) in [7, 11) is -4.12. The van der Waals surface area contributed by atoms with Gasteiger partial charge in [0.25, 0.3) is 0 Å². The van der Waals surface area contributed by atoms with Crippen LogP contribution >= 0.6 is 0 Å². The molecule has 0 amide bonds. The first kappa shape index (κ1) is 8.95. The van der Waals surface area contributed by atoms with Gasteiger partial charge in [0.05, 0.1) is 0 Å². The van der Waals surface area contributed by atoms with Crippen LogP contribution in [-0.2, 0) is 0 Å². The van der Waals surface area contributed by atoms with Gasteiger partial charge in [-0.3, -0.25) is 0 Å². The van der Waals surface area contributed by atoms with Gasteiger partial charge < -0.3 is 0 Å². The molecule has 3 rings (SSSR count). The molecule has 2 aromatic carbocycles. The highest BCUT2D eigenvalue weighted by atomic mass is 28.3. The highest BCUT2D eigenvalue weighted by Gasteiger charge is 2.23. The molecule has 1 heterocycles. The first-order chi connectivity index (χ1) is 13.0. The van der Waals surface area contributed by atoms with Crippen LogP contribution in [-0.4, -0.2) is 23.0 Å². The first-order valence-corrected chi connectivity index (χ1v) is 9.41. The van der Waals surface area contributed by atoms with E-state index in [1.165, 1.54) is 6.55 Å². The predicted octanol–water partition coefficient (Wildman–Crippen LogP) is 3.75. The number of nitrogens with zero attached hydrogens (tertiary/aromatic N) is 3. The fourth-order valence-corrected chi connectivity index (χ4v) is 2.69. The van der Waals surface area contributed by atoms with Gasteiger partial charge in [-0.15, -0.1) is 0 Å². The number of aromatic nitrogens is 3. The smallest absolute Gasteiger partial charge is 0.163 e. The molecular weight excluding hydrogens is 286 g/mol. The minimum atomic E-state index is -4.12. The Morgan fingerprint density at radius 3 is 1.59 bits per heavy atom. The van der Waals surface area contributed by atoms with E-state index in [1.807, 2.05) is 36.4 Å². The molecule has 0 aliphatic carbocycles. The quantitative estimate of drug-likeness (QED) is 0.691. The molecule has 0 unspecified atom stereocenters. The Labute approximate surface area is 140 Å². The molecule has 22 heavy (non-hydrogen) atoms. The molecule has 0 saturated heterocycles. The number of hydrogen-bond donors (Lipinski definition) is 0. The van der Waals surface area contributed by atoms with Crippen LogP contribution in [0.5, 0.6) is 0 Å². The van der Waals surface area contributed by atoms with E-state index in [2.05, 4.69) is 15.0 Å². The van der Waals surface area contributed by atoms with Gasteiger partial charge in [0.15, 0.2) is 11.6 Å². The summed E-state index contributed by atoms with van der Waals surface area (Å²) in [5.41, 5.74) is 1.19. The molecule has 3 aromatic rings. The standard InChI is InChI=1S/C18H19N3Si/c1-22(2,3)18-20-16(14-10-6-4-7-11-14)19-17(21-18)15-12-8-5-9-13-15/h4-13H,1-3H3/i1D3,2D3. The van der Waals surface area contributed by atoms with Gasteiger partial charge in [-0.2, -0.15) is 0 Å². The van der Waals surface area contributed by atoms with Gasteiger partial charge in [-0.1, -0.05) is 80.2 Å². The largest absolute Gasteiger partial charge is 0.219 e. The maximum absolute atomic E-state index is 7.96. The Kier molecular flexibility index (Phi) is 2.36. The normalized spacial score (nSPS) is 16.6. The Morgan fingerprint density at radius 2 is 1.18 bits per heavy atom. The summed E-state index contributed by atoms with van der Waals surface area (Å²) in [4.78, 5) is 13.2. The summed E-state index contributed by atoms with van der Waals surface area (Å²) < 4.78 is 47.8. The lowest BCUT2D eigenvalue weighted by Crippen LogP contribution is -2.43. The van der Waals surface area contributed by atoms with Crippen molar-refractivity contribution in [1.82, 2.24) is 15.0 Å². The molecule has 0 aliphatic rings. The van der Waals surface area contributed by atoms with Crippen molar-refractivity contribution in [2.24, 2.45) is 0 Å². The lowest BCUT2D eigenvalue weighted by Gasteiger charge is -2.16. The zero-order valence-electron chi connectivity index (χ0n) is 18.1. The average molecular weight is 311 g/mol. The topological polar surface area (TPSA) is 38.7 Å². The molecule has 0 fully saturated rings. The van der Waals surface area contributed by atoms with Crippen molar-refractivity contribution in [3.63, 3.8) is 0 Å². The molecule has 0 N–H and O–H groups in total. The minimum absolute atomic E-state index is 0.139. The Hall–Kier alpha value is -2.33. The summed E-state index contributed by atoms with van der Waals surface area (Å²) in [6.07, 6.45) is 0. The molecule has 0 spiro atoms. The van der Waals surface area contributed by atoms with E-state index in [0.717, 1.165) is 0 Å². The van der Waals surface area contributed by atoms with E-state index in [-0.39, 0.29) is 17.1 Å². The maximum atomic E-state index is 7.96. The highest BCUT2D eigenvalue weighted by molar-refractivity contribution is 6.87. The Bertz CT molecular complexity index is 887. The second-order valence-electron chi connectivity index (χ2n) is 5.16. The van der Waals surface area contributed by atoms with Crippen LogP contribution in [0.15, 0.2) is 60.7 Å². The fraction of sp³-hybridized carbons (Fsp3) is 0.167. The van der Waals surface area contributed by atoms with Crippen molar-refractivity contribution < 1.29 is 8.22 Å².